The Morgan fingerprint density at radius 2 is 2.00 bits per heavy atom. The van der Waals surface area contributed by atoms with Gasteiger partial charge in [0, 0.05) is 12.0 Å². The Kier molecular flexibility index (Phi) is 4.38. The third kappa shape index (κ3) is 3.87. The van der Waals surface area contributed by atoms with Crippen LogP contribution in [0, 0.1) is 0 Å². The van der Waals surface area contributed by atoms with Gasteiger partial charge in [0.2, 0.25) is 11.7 Å². The van der Waals surface area contributed by atoms with E-state index in [9.17, 15) is 9.59 Å². The van der Waals surface area contributed by atoms with Gasteiger partial charge in [-0.2, -0.15) is 4.80 Å². The van der Waals surface area contributed by atoms with Crippen molar-refractivity contribution in [1.29, 1.82) is 0 Å². The molecule has 0 aliphatic heterocycles. The Morgan fingerprint density at radius 3 is 2.70 bits per heavy atom. The van der Waals surface area contributed by atoms with Crippen molar-refractivity contribution in [2.75, 3.05) is 0 Å². The number of primary amides is 1. The van der Waals surface area contributed by atoms with Crippen LogP contribution in [0.5, 0.6) is 0 Å². The van der Waals surface area contributed by atoms with Crippen LogP contribution in [-0.4, -0.2) is 32.1 Å². The maximum absolute atomic E-state index is 11.2. The summed E-state index contributed by atoms with van der Waals surface area (Å²) in [6.07, 6.45) is 0.662. The lowest BCUT2D eigenvalue weighted by Crippen LogP contribution is -2.34. The molecule has 1 aromatic carbocycles. The lowest BCUT2D eigenvalue weighted by Gasteiger charge is -2.00. The molecule has 0 atom stereocenters. The fourth-order valence-electron chi connectivity index (χ4n) is 1.62. The Bertz CT molecular complexity index is 595. The number of urea groups is 1. The van der Waals surface area contributed by atoms with E-state index in [0.29, 0.717) is 18.8 Å². The summed E-state index contributed by atoms with van der Waals surface area (Å²) in [5.74, 6) is 0.119. The number of imide groups is 1. The zero-order valence-corrected chi connectivity index (χ0v) is 10.7. The second-order valence-corrected chi connectivity index (χ2v) is 4.09. The summed E-state index contributed by atoms with van der Waals surface area (Å²) in [7, 11) is 0. The van der Waals surface area contributed by atoms with Crippen molar-refractivity contribution in [3.8, 4) is 11.4 Å². The highest BCUT2D eigenvalue weighted by Crippen LogP contribution is 2.11. The van der Waals surface area contributed by atoms with Crippen molar-refractivity contribution < 1.29 is 9.59 Å². The van der Waals surface area contributed by atoms with Crippen LogP contribution in [-0.2, 0) is 11.3 Å². The van der Waals surface area contributed by atoms with Crippen LogP contribution in [0.4, 0.5) is 4.79 Å². The zero-order valence-electron chi connectivity index (χ0n) is 10.7. The van der Waals surface area contributed by atoms with Crippen LogP contribution < -0.4 is 11.1 Å². The van der Waals surface area contributed by atoms with Crippen molar-refractivity contribution >= 4 is 11.9 Å². The van der Waals surface area contributed by atoms with E-state index in [0.717, 1.165) is 5.56 Å². The molecule has 8 heteroatoms. The zero-order chi connectivity index (χ0) is 14.4. The number of benzene rings is 1. The number of hydrogen-bond donors (Lipinski definition) is 2. The SMILES string of the molecule is NC(=O)NC(=O)CCCn1nnc(-c2ccccc2)n1. The Hall–Kier alpha value is -2.77. The van der Waals surface area contributed by atoms with Gasteiger partial charge in [-0.05, 0) is 11.6 Å². The van der Waals surface area contributed by atoms with E-state index in [1.165, 1.54) is 4.80 Å². The standard InChI is InChI=1S/C12H14N6O2/c13-12(20)14-10(19)7-4-8-18-16-11(15-17-18)9-5-2-1-3-6-9/h1-3,5-6H,4,7-8H2,(H3,13,14,19,20). The summed E-state index contributed by atoms with van der Waals surface area (Å²) < 4.78 is 0. The average molecular weight is 274 g/mol. The smallest absolute Gasteiger partial charge is 0.318 e. The van der Waals surface area contributed by atoms with E-state index < -0.39 is 11.9 Å². The summed E-state index contributed by atoms with van der Waals surface area (Å²) in [5.41, 5.74) is 5.71. The highest BCUT2D eigenvalue weighted by Gasteiger charge is 2.07. The molecule has 0 saturated heterocycles. The first-order chi connectivity index (χ1) is 9.65. The van der Waals surface area contributed by atoms with Crippen molar-refractivity contribution in [1.82, 2.24) is 25.5 Å². The molecule has 20 heavy (non-hydrogen) atoms. The van der Waals surface area contributed by atoms with Crippen LogP contribution in [0.15, 0.2) is 30.3 Å². The van der Waals surface area contributed by atoms with E-state index in [2.05, 4.69) is 15.4 Å². The van der Waals surface area contributed by atoms with Crippen LogP contribution >= 0.6 is 0 Å². The van der Waals surface area contributed by atoms with Gasteiger partial charge in [0.1, 0.15) is 0 Å². The van der Waals surface area contributed by atoms with E-state index in [1.807, 2.05) is 35.6 Å². The molecule has 1 heterocycles. The van der Waals surface area contributed by atoms with Gasteiger partial charge in [0.25, 0.3) is 0 Å². The highest BCUT2D eigenvalue weighted by atomic mass is 16.2. The fraction of sp³-hybridized carbons (Fsp3) is 0.250. The van der Waals surface area contributed by atoms with Crippen molar-refractivity contribution in [2.45, 2.75) is 19.4 Å². The van der Waals surface area contributed by atoms with Crippen molar-refractivity contribution in [3.63, 3.8) is 0 Å². The number of rotatable bonds is 5. The molecular formula is C12H14N6O2. The van der Waals surface area contributed by atoms with Gasteiger partial charge in [-0.25, -0.2) is 4.79 Å². The number of nitrogens with two attached hydrogens (primary N) is 1. The number of aryl methyl sites for hydroxylation is 1. The number of aromatic nitrogens is 4. The number of tetrazole rings is 1. The molecule has 0 spiro atoms. The molecule has 3 N–H and O–H groups in total. The largest absolute Gasteiger partial charge is 0.351 e. The van der Waals surface area contributed by atoms with Gasteiger partial charge >= 0.3 is 6.03 Å². The summed E-state index contributed by atoms with van der Waals surface area (Å²) in [5, 5.41) is 14.0. The van der Waals surface area contributed by atoms with Gasteiger partial charge in [0.05, 0.1) is 6.54 Å². The maximum Gasteiger partial charge on any atom is 0.318 e. The van der Waals surface area contributed by atoms with Crippen LogP contribution in [0.2, 0.25) is 0 Å². The number of nitrogens with zero attached hydrogens (tertiary/aromatic N) is 4. The second kappa shape index (κ2) is 6.41. The lowest BCUT2D eigenvalue weighted by atomic mass is 10.2. The minimum absolute atomic E-state index is 0.172. The summed E-state index contributed by atoms with van der Waals surface area (Å²) in [6, 6.07) is 8.63. The Balaban J connectivity index is 1.85. The molecular weight excluding hydrogens is 260 g/mol. The van der Waals surface area contributed by atoms with Gasteiger partial charge in [-0.15, -0.1) is 10.2 Å². The van der Waals surface area contributed by atoms with Crippen molar-refractivity contribution in [2.24, 2.45) is 5.73 Å². The predicted molar refractivity (Wildman–Crippen MR) is 70.2 cm³/mol. The number of amides is 3. The predicted octanol–water partition coefficient (Wildman–Crippen LogP) is 0.315. The number of carbonyl (C=O) groups excluding carboxylic acids is 2. The van der Waals surface area contributed by atoms with E-state index in [4.69, 9.17) is 5.73 Å². The third-order valence-corrected chi connectivity index (χ3v) is 2.51. The first-order valence-electron chi connectivity index (χ1n) is 6.07. The first-order valence-corrected chi connectivity index (χ1v) is 6.07. The lowest BCUT2D eigenvalue weighted by molar-refractivity contribution is -0.120. The first kappa shape index (κ1) is 13.7. The molecule has 3 amide bonds. The van der Waals surface area contributed by atoms with Gasteiger partial charge in [-0.1, -0.05) is 30.3 Å². The van der Waals surface area contributed by atoms with Gasteiger partial charge < -0.3 is 5.73 Å². The quantitative estimate of drug-likeness (QED) is 0.814. The maximum atomic E-state index is 11.2. The number of carbonyl (C=O) groups is 2. The van der Waals surface area contributed by atoms with Crippen LogP contribution in [0.25, 0.3) is 11.4 Å². The molecule has 0 aliphatic rings. The summed E-state index contributed by atoms with van der Waals surface area (Å²) in [6.45, 7) is 0.437. The minimum atomic E-state index is -0.847. The van der Waals surface area contributed by atoms with E-state index >= 15 is 0 Å². The third-order valence-electron chi connectivity index (χ3n) is 2.51. The molecule has 0 aliphatic carbocycles. The van der Waals surface area contributed by atoms with Gasteiger partial charge in [0.15, 0.2) is 0 Å². The molecule has 2 rings (SSSR count). The molecule has 0 radical (unpaired) electrons. The monoisotopic (exact) mass is 274 g/mol. The summed E-state index contributed by atoms with van der Waals surface area (Å²) in [4.78, 5) is 23.1. The molecule has 1 aromatic heterocycles. The molecule has 104 valence electrons. The topological polar surface area (TPSA) is 116 Å². The molecule has 8 nitrogen and oxygen atoms in total. The average Bonchev–Trinajstić information content (AvgIpc) is 2.88. The van der Waals surface area contributed by atoms with Crippen molar-refractivity contribution in [3.05, 3.63) is 30.3 Å². The van der Waals surface area contributed by atoms with E-state index in [-0.39, 0.29) is 6.42 Å². The highest BCUT2D eigenvalue weighted by molar-refractivity contribution is 5.93. The molecule has 0 bridgehead atoms. The molecule has 0 fully saturated rings. The number of nitrogens with one attached hydrogen (secondary N) is 1. The molecule has 0 saturated carbocycles. The Labute approximate surface area is 115 Å². The summed E-state index contributed by atoms with van der Waals surface area (Å²) >= 11 is 0. The van der Waals surface area contributed by atoms with Crippen LogP contribution in [0.1, 0.15) is 12.8 Å². The van der Waals surface area contributed by atoms with E-state index in [1.54, 1.807) is 0 Å². The minimum Gasteiger partial charge on any atom is -0.351 e. The second-order valence-electron chi connectivity index (χ2n) is 4.09. The molecule has 2 aromatic rings. The number of hydrogen-bond acceptors (Lipinski definition) is 5. The normalized spacial score (nSPS) is 10.2. The Morgan fingerprint density at radius 1 is 1.25 bits per heavy atom. The van der Waals surface area contributed by atoms with Crippen LogP contribution in [0.3, 0.4) is 0 Å². The molecule has 0 unspecified atom stereocenters. The fourth-order valence-corrected chi connectivity index (χ4v) is 1.62. The van der Waals surface area contributed by atoms with Gasteiger partial charge in [-0.3, -0.25) is 10.1 Å².